The number of benzene rings is 2. The lowest BCUT2D eigenvalue weighted by Crippen LogP contribution is -2.26. The summed E-state index contributed by atoms with van der Waals surface area (Å²) in [5.41, 5.74) is 5.05. The topological polar surface area (TPSA) is 110 Å². The van der Waals surface area contributed by atoms with Gasteiger partial charge in [-0.25, -0.2) is 4.98 Å². The highest BCUT2D eigenvalue weighted by atomic mass is 79.9. The Bertz CT molecular complexity index is 1540. The second-order valence-electron chi connectivity index (χ2n) is 8.70. The number of hydrogen-bond acceptors (Lipinski definition) is 7. The molecule has 0 bridgehead atoms. The van der Waals surface area contributed by atoms with E-state index in [0.717, 1.165) is 32.4 Å². The maximum atomic E-state index is 12.8. The summed E-state index contributed by atoms with van der Waals surface area (Å²) in [7, 11) is 0. The van der Waals surface area contributed by atoms with E-state index in [0.29, 0.717) is 30.2 Å². The van der Waals surface area contributed by atoms with E-state index < -0.39 is 5.92 Å². The lowest BCUT2D eigenvalue weighted by Gasteiger charge is -2.22. The molecular weight excluding hydrogens is 536 g/mol. The molecule has 1 atom stereocenters. The van der Waals surface area contributed by atoms with Gasteiger partial charge in [-0.1, -0.05) is 28.1 Å². The van der Waals surface area contributed by atoms with Crippen LogP contribution in [0.4, 0.5) is 0 Å². The van der Waals surface area contributed by atoms with E-state index in [9.17, 15) is 15.3 Å². The Morgan fingerprint density at radius 2 is 1.97 bits per heavy atom. The maximum Gasteiger partial charge on any atom is 0.231 e. The summed E-state index contributed by atoms with van der Waals surface area (Å²) in [5.74, 6) is 0.697. The lowest BCUT2D eigenvalue weighted by molar-refractivity contribution is -0.118. The molecule has 2 aliphatic rings. The van der Waals surface area contributed by atoms with Crippen LogP contribution in [0.15, 0.2) is 70.6 Å². The van der Waals surface area contributed by atoms with Crippen molar-refractivity contribution in [3.8, 4) is 34.8 Å². The van der Waals surface area contributed by atoms with Gasteiger partial charge >= 0.3 is 0 Å². The molecule has 3 aromatic rings. The number of aromatic nitrogens is 2. The number of ketones is 1. The van der Waals surface area contributed by atoms with Gasteiger partial charge in [0, 0.05) is 11.0 Å². The number of rotatable bonds is 7. The highest BCUT2D eigenvalue weighted by Crippen LogP contribution is 2.37. The molecule has 9 heteroatoms. The fourth-order valence-electron chi connectivity index (χ4n) is 4.37. The Morgan fingerprint density at radius 3 is 2.78 bits per heavy atom. The summed E-state index contributed by atoms with van der Waals surface area (Å²) >= 11 is 3.46. The SMILES string of the molecule is CC1=C(Br)C=C(C#N)C(=O)C1Cn1cncc1COCc1ccc(C#N)cc1-c1ccc2c(c1)OCO2. The van der Waals surface area contributed by atoms with Crippen molar-refractivity contribution in [1.29, 1.82) is 10.5 Å². The zero-order valence-corrected chi connectivity index (χ0v) is 21.5. The van der Waals surface area contributed by atoms with Crippen molar-refractivity contribution in [2.24, 2.45) is 5.92 Å². The number of nitrogens with zero attached hydrogens (tertiary/aromatic N) is 4. The normalized spacial score (nSPS) is 16.4. The summed E-state index contributed by atoms with van der Waals surface area (Å²) in [5, 5.41) is 18.7. The van der Waals surface area contributed by atoms with Crippen LogP contribution >= 0.6 is 15.9 Å². The first-order chi connectivity index (χ1) is 18.0. The van der Waals surface area contributed by atoms with Crippen molar-refractivity contribution in [1.82, 2.24) is 9.55 Å². The van der Waals surface area contributed by atoms with Crippen LogP contribution in [0.2, 0.25) is 0 Å². The Labute approximate surface area is 222 Å². The number of fused-ring (bicyclic) bond motifs is 1. The van der Waals surface area contributed by atoms with E-state index in [1.807, 2.05) is 47.9 Å². The molecule has 0 saturated carbocycles. The van der Waals surface area contributed by atoms with Gasteiger partial charge < -0.3 is 18.8 Å². The number of allylic oxidation sites excluding steroid dienone is 4. The van der Waals surface area contributed by atoms with Gasteiger partial charge in [-0.05, 0) is 59.5 Å². The van der Waals surface area contributed by atoms with Crippen molar-refractivity contribution in [3.63, 3.8) is 0 Å². The molecular formula is C28H21BrN4O4. The summed E-state index contributed by atoms with van der Waals surface area (Å²) in [6, 6.07) is 15.4. The molecule has 1 unspecified atom stereocenters. The van der Waals surface area contributed by atoms with Crippen LogP contribution in [0.5, 0.6) is 11.5 Å². The number of nitriles is 2. The van der Waals surface area contributed by atoms with E-state index in [-0.39, 0.29) is 24.8 Å². The third-order valence-corrected chi connectivity index (χ3v) is 7.34. The molecule has 8 nitrogen and oxygen atoms in total. The molecule has 0 fully saturated rings. The zero-order valence-electron chi connectivity index (χ0n) is 19.9. The van der Waals surface area contributed by atoms with Gasteiger partial charge in [-0.2, -0.15) is 10.5 Å². The van der Waals surface area contributed by atoms with Crippen molar-refractivity contribution in [3.05, 3.63) is 87.4 Å². The van der Waals surface area contributed by atoms with Crippen molar-refractivity contribution < 1.29 is 19.0 Å². The maximum absolute atomic E-state index is 12.8. The first-order valence-electron chi connectivity index (χ1n) is 11.5. The van der Waals surface area contributed by atoms with Crippen LogP contribution in [0.1, 0.15) is 23.7 Å². The zero-order chi connectivity index (χ0) is 25.9. The van der Waals surface area contributed by atoms with Gasteiger partial charge in [0.1, 0.15) is 6.07 Å². The summed E-state index contributed by atoms with van der Waals surface area (Å²) in [6.07, 6.45) is 4.94. The monoisotopic (exact) mass is 556 g/mol. The summed E-state index contributed by atoms with van der Waals surface area (Å²) in [4.78, 5) is 17.0. The predicted molar refractivity (Wildman–Crippen MR) is 137 cm³/mol. The number of halogens is 1. The Hall–Kier alpha value is -4.18. The fourth-order valence-corrected chi connectivity index (χ4v) is 4.87. The molecule has 1 aliphatic heterocycles. The van der Waals surface area contributed by atoms with Crippen LogP contribution in [0, 0.1) is 28.6 Å². The number of carbonyl (C=O) groups excluding carboxylic acids is 1. The summed E-state index contributed by atoms with van der Waals surface area (Å²) < 4.78 is 19.6. The standard InChI is InChI=1S/C28H21BrN4O4/c1-17-24(28(34)21(10-31)7-25(17)29)12-33-15-32-11-22(33)14-35-13-20-3-2-18(9-30)6-23(20)19-4-5-26-27(8-19)37-16-36-26/h2-8,11,15,24H,12-14,16H2,1H3. The minimum absolute atomic E-state index is 0.136. The highest BCUT2D eigenvalue weighted by Gasteiger charge is 2.30. The molecule has 0 radical (unpaired) electrons. The van der Waals surface area contributed by atoms with Crippen molar-refractivity contribution in [2.45, 2.75) is 26.7 Å². The molecule has 2 aromatic carbocycles. The minimum atomic E-state index is -0.460. The first-order valence-corrected chi connectivity index (χ1v) is 12.3. The third kappa shape index (κ3) is 4.92. The van der Waals surface area contributed by atoms with Crippen molar-refractivity contribution >= 4 is 21.7 Å². The van der Waals surface area contributed by atoms with Crippen LogP contribution in [0.3, 0.4) is 0 Å². The molecule has 0 spiro atoms. The van der Waals surface area contributed by atoms with E-state index in [4.69, 9.17) is 14.2 Å². The largest absolute Gasteiger partial charge is 0.454 e. The van der Waals surface area contributed by atoms with Crippen LogP contribution in [-0.4, -0.2) is 22.1 Å². The Balaban J connectivity index is 1.32. The molecule has 37 heavy (non-hydrogen) atoms. The van der Waals surface area contributed by atoms with Gasteiger partial charge in [-0.3, -0.25) is 4.79 Å². The molecule has 0 amide bonds. The van der Waals surface area contributed by atoms with Gasteiger partial charge in [0.25, 0.3) is 0 Å². The average Bonchev–Trinajstić information content (AvgIpc) is 3.57. The molecule has 0 saturated heterocycles. The average molecular weight is 557 g/mol. The molecule has 1 aromatic heterocycles. The number of Topliss-reactive ketones (excluding diaryl/α,β-unsaturated/α-hetero) is 1. The third-order valence-electron chi connectivity index (χ3n) is 6.48. The second-order valence-corrected chi connectivity index (χ2v) is 9.55. The first kappa shape index (κ1) is 24.5. The summed E-state index contributed by atoms with van der Waals surface area (Å²) in [6.45, 7) is 3.00. The number of hydrogen-bond donors (Lipinski definition) is 0. The van der Waals surface area contributed by atoms with Gasteiger partial charge in [0.2, 0.25) is 6.79 Å². The molecule has 0 N–H and O–H groups in total. The van der Waals surface area contributed by atoms with E-state index in [1.165, 1.54) is 0 Å². The second kappa shape index (κ2) is 10.4. The lowest BCUT2D eigenvalue weighted by atomic mass is 9.87. The minimum Gasteiger partial charge on any atom is -0.454 e. The molecule has 1 aliphatic carbocycles. The molecule has 2 heterocycles. The fraction of sp³-hybridized carbons (Fsp3) is 0.214. The van der Waals surface area contributed by atoms with Crippen LogP contribution in [-0.2, 0) is 29.3 Å². The molecule has 5 rings (SSSR count). The van der Waals surface area contributed by atoms with Crippen molar-refractivity contribution in [2.75, 3.05) is 6.79 Å². The Kier molecular flexibility index (Phi) is 6.91. The highest BCUT2D eigenvalue weighted by molar-refractivity contribution is 9.11. The Morgan fingerprint density at radius 1 is 1.14 bits per heavy atom. The predicted octanol–water partition coefficient (Wildman–Crippen LogP) is 5.19. The smallest absolute Gasteiger partial charge is 0.231 e. The molecule has 184 valence electrons. The number of ether oxygens (including phenoxy) is 3. The van der Waals surface area contributed by atoms with Gasteiger partial charge in [0.15, 0.2) is 17.3 Å². The van der Waals surface area contributed by atoms with E-state index in [2.05, 4.69) is 27.0 Å². The van der Waals surface area contributed by atoms with Gasteiger partial charge in [-0.15, -0.1) is 0 Å². The van der Waals surface area contributed by atoms with Gasteiger partial charge in [0.05, 0.1) is 54.6 Å². The quantitative estimate of drug-likeness (QED) is 0.394. The van der Waals surface area contributed by atoms with Crippen LogP contribution in [0.25, 0.3) is 11.1 Å². The number of imidazole rings is 1. The van der Waals surface area contributed by atoms with E-state index >= 15 is 0 Å². The van der Waals surface area contributed by atoms with Crippen LogP contribution < -0.4 is 9.47 Å². The van der Waals surface area contributed by atoms with E-state index in [1.54, 1.807) is 24.7 Å². The number of carbonyl (C=O) groups is 1.